The third-order valence-corrected chi connectivity index (χ3v) is 2.55. The van der Waals surface area contributed by atoms with Crippen LogP contribution in [0.5, 0.6) is 11.5 Å². The molecule has 1 aromatic carbocycles. The first-order valence-electron chi connectivity index (χ1n) is 5.21. The molecular formula is C13H9Cl2NO2. The lowest BCUT2D eigenvalue weighted by molar-refractivity contribution is -0.111. The van der Waals surface area contributed by atoms with Crippen LogP contribution in [0.15, 0.2) is 42.6 Å². The smallest absolute Gasteiger partial charge is 0.227 e. The van der Waals surface area contributed by atoms with E-state index in [9.17, 15) is 4.79 Å². The zero-order chi connectivity index (χ0) is 13.0. The minimum atomic E-state index is -0.482. The largest absolute Gasteiger partial charge is 0.455 e. The molecule has 0 amide bonds. The summed E-state index contributed by atoms with van der Waals surface area (Å²) in [5.74, 6) is 1.08. The van der Waals surface area contributed by atoms with Crippen molar-refractivity contribution in [2.45, 2.75) is 6.42 Å². The molecule has 5 heteroatoms. The fourth-order valence-electron chi connectivity index (χ4n) is 1.44. The molecule has 0 spiro atoms. The van der Waals surface area contributed by atoms with Crippen molar-refractivity contribution >= 4 is 28.4 Å². The number of pyridine rings is 1. The number of halogens is 2. The maximum absolute atomic E-state index is 10.9. The van der Waals surface area contributed by atoms with Crippen LogP contribution < -0.4 is 4.74 Å². The number of rotatable bonds is 4. The van der Waals surface area contributed by atoms with Crippen LogP contribution in [0.1, 0.15) is 5.69 Å². The number of carbonyl (C=O) groups is 1. The Hall–Kier alpha value is -1.58. The van der Waals surface area contributed by atoms with Crippen molar-refractivity contribution in [3.8, 4) is 11.5 Å². The Bertz CT molecular complexity index is 572. The van der Waals surface area contributed by atoms with Crippen LogP contribution in [-0.4, -0.2) is 10.2 Å². The number of nitrogens with zero attached hydrogens (tertiary/aromatic N) is 1. The van der Waals surface area contributed by atoms with E-state index in [1.807, 2.05) is 0 Å². The molecule has 92 valence electrons. The van der Waals surface area contributed by atoms with E-state index in [0.29, 0.717) is 22.2 Å². The Labute approximate surface area is 114 Å². The van der Waals surface area contributed by atoms with Gasteiger partial charge in [0.15, 0.2) is 0 Å². The van der Waals surface area contributed by atoms with E-state index in [4.69, 9.17) is 27.9 Å². The zero-order valence-electron chi connectivity index (χ0n) is 9.27. The quantitative estimate of drug-likeness (QED) is 0.800. The molecule has 1 heterocycles. The van der Waals surface area contributed by atoms with E-state index in [1.54, 1.807) is 42.6 Å². The standard InChI is InChI=1S/C13H9Cl2NO2/c14-9-3-1-4-10(7-9)18-12-5-2-6-16-11(12)8-13(15)17/h1-7H,8H2. The SMILES string of the molecule is O=C(Cl)Cc1ncccc1Oc1cccc(Cl)c1. The number of hydrogen-bond donors (Lipinski definition) is 0. The van der Waals surface area contributed by atoms with Crippen LogP contribution in [0.25, 0.3) is 0 Å². The number of aromatic nitrogens is 1. The van der Waals surface area contributed by atoms with Crippen LogP contribution >= 0.6 is 23.2 Å². The molecule has 0 aliphatic carbocycles. The van der Waals surface area contributed by atoms with Crippen LogP contribution in [0, 0.1) is 0 Å². The summed E-state index contributed by atoms with van der Waals surface area (Å²) in [6, 6.07) is 10.4. The third kappa shape index (κ3) is 3.45. The van der Waals surface area contributed by atoms with Gasteiger partial charge in [-0.05, 0) is 41.9 Å². The van der Waals surface area contributed by atoms with Gasteiger partial charge < -0.3 is 4.74 Å². The van der Waals surface area contributed by atoms with Crippen molar-refractivity contribution < 1.29 is 9.53 Å². The van der Waals surface area contributed by atoms with Gasteiger partial charge in [0.05, 0.1) is 12.1 Å². The number of hydrogen-bond acceptors (Lipinski definition) is 3. The molecule has 0 N–H and O–H groups in total. The Kier molecular flexibility index (Phi) is 4.18. The van der Waals surface area contributed by atoms with Crippen LogP contribution in [0.4, 0.5) is 0 Å². The number of ether oxygens (including phenoxy) is 1. The zero-order valence-corrected chi connectivity index (χ0v) is 10.8. The van der Waals surface area contributed by atoms with E-state index in [1.165, 1.54) is 0 Å². The maximum atomic E-state index is 10.9. The molecular weight excluding hydrogens is 273 g/mol. The van der Waals surface area contributed by atoms with Gasteiger partial charge in [0.25, 0.3) is 0 Å². The highest BCUT2D eigenvalue weighted by Crippen LogP contribution is 2.26. The molecule has 0 unspecified atom stereocenters. The van der Waals surface area contributed by atoms with Gasteiger partial charge in [-0.2, -0.15) is 0 Å². The van der Waals surface area contributed by atoms with E-state index < -0.39 is 5.24 Å². The number of carbonyl (C=O) groups excluding carboxylic acids is 1. The predicted octanol–water partition coefficient (Wildman–Crippen LogP) is 3.84. The second-order valence-electron chi connectivity index (χ2n) is 3.54. The Balaban J connectivity index is 2.26. The van der Waals surface area contributed by atoms with E-state index in [-0.39, 0.29) is 6.42 Å². The Morgan fingerprint density at radius 1 is 1.28 bits per heavy atom. The van der Waals surface area contributed by atoms with Gasteiger partial charge in [-0.1, -0.05) is 17.7 Å². The highest BCUT2D eigenvalue weighted by Gasteiger charge is 2.09. The predicted molar refractivity (Wildman–Crippen MR) is 70.3 cm³/mol. The molecule has 0 fully saturated rings. The van der Waals surface area contributed by atoms with Gasteiger partial charge in [0.2, 0.25) is 5.24 Å². The highest BCUT2D eigenvalue weighted by molar-refractivity contribution is 6.63. The molecule has 0 aliphatic heterocycles. The van der Waals surface area contributed by atoms with Gasteiger partial charge in [0, 0.05) is 11.2 Å². The average Bonchev–Trinajstić information content (AvgIpc) is 2.31. The van der Waals surface area contributed by atoms with Crippen molar-refractivity contribution in [3.05, 3.63) is 53.3 Å². The minimum absolute atomic E-state index is 0.0261. The normalized spacial score (nSPS) is 10.1. The molecule has 2 aromatic rings. The van der Waals surface area contributed by atoms with E-state index in [0.717, 1.165) is 0 Å². The molecule has 0 saturated heterocycles. The summed E-state index contributed by atoms with van der Waals surface area (Å²) in [5, 5.41) is 0.0935. The summed E-state index contributed by atoms with van der Waals surface area (Å²) < 4.78 is 5.63. The first-order chi connectivity index (χ1) is 8.65. The Morgan fingerprint density at radius 2 is 2.11 bits per heavy atom. The number of benzene rings is 1. The van der Waals surface area contributed by atoms with Gasteiger partial charge in [0.1, 0.15) is 11.5 Å². The summed E-state index contributed by atoms with van der Waals surface area (Å²) in [7, 11) is 0. The van der Waals surface area contributed by atoms with Gasteiger partial charge >= 0.3 is 0 Å². The molecule has 0 saturated carbocycles. The summed E-state index contributed by atoms with van der Waals surface area (Å²) in [4.78, 5) is 15.0. The van der Waals surface area contributed by atoms with Gasteiger partial charge in [-0.15, -0.1) is 0 Å². The first-order valence-corrected chi connectivity index (χ1v) is 5.96. The Morgan fingerprint density at radius 3 is 2.83 bits per heavy atom. The van der Waals surface area contributed by atoms with Gasteiger partial charge in [-0.25, -0.2) is 0 Å². The van der Waals surface area contributed by atoms with Crippen molar-refractivity contribution in [1.82, 2.24) is 4.98 Å². The van der Waals surface area contributed by atoms with Crippen LogP contribution in [-0.2, 0) is 11.2 Å². The molecule has 3 nitrogen and oxygen atoms in total. The fourth-order valence-corrected chi connectivity index (χ4v) is 1.74. The summed E-state index contributed by atoms with van der Waals surface area (Å²) >= 11 is 11.2. The lowest BCUT2D eigenvalue weighted by Crippen LogP contribution is -1.99. The molecule has 0 aliphatic rings. The van der Waals surface area contributed by atoms with Crippen molar-refractivity contribution in [1.29, 1.82) is 0 Å². The topological polar surface area (TPSA) is 39.2 Å². The third-order valence-electron chi connectivity index (χ3n) is 2.18. The highest BCUT2D eigenvalue weighted by atomic mass is 35.5. The monoisotopic (exact) mass is 281 g/mol. The van der Waals surface area contributed by atoms with E-state index >= 15 is 0 Å². The van der Waals surface area contributed by atoms with Crippen molar-refractivity contribution in [2.24, 2.45) is 0 Å². The molecule has 18 heavy (non-hydrogen) atoms. The fraction of sp³-hybridized carbons (Fsp3) is 0.0769. The molecule has 2 rings (SSSR count). The second kappa shape index (κ2) is 5.85. The summed E-state index contributed by atoms with van der Waals surface area (Å²) in [5.41, 5.74) is 0.498. The summed E-state index contributed by atoms with van der Waals surface area (Å²) in [6.07, 6.45) is 1.61. The van der Waals surface area contributed by atoms with Crippen molar-refractivity contribution in [3.63, 3.8) is 0 Å². The molecule has 0 radical (unpaired) electrons. The summed E-state index contributed by atoms with van der Waals surface area (Å²) in [6.45, 7) is 0. The lowest BCUT2D eigenvalue weighted by Gasteiger charge is -2.09. The molecule has 0 atom stereocenters. The molecule has 0 bridgehead atoms. The first kappa shape index (κ1) is 12.9. The lowest BCUT2D eigenvalue weighted by atomic mass is 10.2. The van der Waals surface area contributed by atoms with Crippen molar-refractivity contribution in [2.75, 3.05) is 0 Å². The van der Waals surface area contributed by atoms with Crippen LogP contribution in [0.3, 0.4) is 0 Å². The van der Waals surface area contributed by atoms with Gasteiger partial charge in [-0.3, -0.25) is 9.78 Å². The average molecular weight is 282 g/mol. The van der Waals surface area contributed by atoms with Crippen LogP contribution in [0.2, 0.25) is 5.02 Å². The second-order valence-corrected chi connectivity index (χ2v) is 4.40. The molecule has 1 aromatic heterocycles. The maximum Gasteiger partial charge on any atom is 0.227 e. The van der Waals surface area contributed by atoms with E-state index in [2.05, 4.69) is 4.98 Å². The minimum Gasteiger partial charge on any atom is -0.455 e.